The molecule has 0 aliphatic rings. The van der Waals surface area contributed by atoms with E-state index >= 15 is 0 Å². The lowest BCUT2D eigenvalue weighted by Gasteiger charge is -2.18. The van der Waals surface area contributed by atoms with Crippen molar-refractivity contribution >= 4 is 26.8 Å². The number of aromatic nitrogens is 1. The highest BCUT2D eigenvalue weighted by Crippen LogP contribution is 2.29. The predicted octanol–water partition coefficient (Wildman–Crippen LogP) is 3.87. The van der Waals surface area contributed by atoms with Crippen LogP contribution < -0.4 is 14.8 Å². The Labute approximate surface area is 216 Å². The van der Waals surface area contributed by atoms with Gasteiger partial charge in [0.25, 0.3) is 5.91 Å². The van der Waals surface area contributed by atoms with E-state index in [0.717, 1.165) is 22.9 Å². The normalized spacial score (nSPS) is 12.4. The Morgan fingerprint density at radius 1 is 1.05 bits per heavy atom. The first-order valence-electron chi connectivity index (χ1n) is 12.1. The zero-order valence-corrected chi connectivity index (χ0v) is 21.6. The number of hydrogen-bond acceptors (Lipinski definition) is 5. The van der Waals surface area contributed by atoms with Crippen LogP contribution in [-0.4, -0.2) is 50.7 Å². The molecular formula is C28H31N3O5S. The molecule has 1 amide bonds. The number of H-pyrrole nitrogens is 1. The lowest BCUT2D eigenvalue weighted by molar-refractivity contribution is 0.0912. The van der Waals surface area contributed by atoms with Crippen molar-refractivity contribution in [2.45, 2.75) is 30.7 Å². The number of carbonyl (C=O) groups is 1. The summed E-state index contributed by atoms with van der Waals surface area (Å²) in [6.07, 6.45) is 3.11. The summed E-state index contributed by atoms with van der Waals surface area (Å²) in [7, 11) is -2.26. The van der Waals surface area contributed by atoms with Crippen molar-refractivity contribution in [1.82, 2.24) is 15.0 Å². The number of sulfonamides is 1. The second-order valence-electron chi connectivity index (χ2n) is 8.71. The Bertz CT molecular complexity index is 1500. The first-order valence-corrected chi connectivity index (χ1v) is 13.6. The van der Waals surface area contributed by atoms with Gasteiger partial charge in [0.2, 0.25) is 10.0 Å². The average molecular weight is 522 g/mol. The highest BCUT2D eigenvalue weighted by atomic mass is 32.2. The molecule has 1 unspecified atom stereocenters. The highest BCUT2D eigenvalue weighted by molar-refractivity contribution is 7.89. The zero-order valence-electron chi connectivity index (χ0n) is 20.8. The van der Waals surface area contributed by atoms with Crippen molar-refractivity contribution in [1.29, 1.82) is 0 Å². The van der Waals surface area contributed by atoms with Gasteiger partial charge in [-0.3, -0.25) is 4.79 Å². The Morgan fingerprint density at radius 3 is 2.59 bits per heavy atom. The number of aromatic amines is 1. The van der Waals surface area contributed by atoms with Crippen LogP contribution in [0.3, 0.4) is 0 Å². The van der Waals surface area contributed by atoms with Gasteiger partial charge in [-0.2, -0.15) is 0 Å². The number of fused-ring (bicyclic) bond motifs is 1. The molecule has 1 aromatic heterocycles. The van der Waals surface area contributed by atoms with E-state index in [4.69, 9.17) is 4.74 Å². The molecule has 0 aliphatic heterocycles. The van der Waals surface area contributed by atoms with E-state index < -0.39 is 16.1 Å². The van der Waals surface area contributed by atoms with E-state index in [-0.39, 0.29) is 17.4 Å². The molecule has 1 atom stereocenters. The predicted molar refractivity (Wildman–Crippen MR) is 144 cm³/mol. The summed E-state index contributed by atoms with van der Waals surface area (Å²) >= 11 is 0. The lowest BCUT2D eigenvalue weighted by Crippen LogP contribution is -2.39. The Hall–Kier alpha value is -3.66. The first kappa shape index (κ1) is 26.4. The number of rotatable bonds is 11. The van der Waals surface area contributed by atoms with Crippen molar-refractivity contribution in [3.8, 4) is 16.9 Å². The Kier molecular flexibility index (Phi) is 8.27. The number of nitrogens with one attached hydrogen (secondary N) is 3. The maximum atomic E-state index is 13.4. The van der Waals surface area contributed by atoms with Crippen LogP contribution in [0.4, 0.5) is 0 Å². The van der Waals surface area contributed by atoms with Gasteiger partial charge in [0, 0.05) is 17.1 Å². The number of ether oxygens (including phenoxy) is 1. The van der Waals surface area contributed by atoms with Crippen LogP contribution in [0.1, 0.15) is 29.3 Å². The van der Waals surface area contributed by atoms with Crippen molar-refractivity contribution < 1.29 is 23.1 Å². The van der Waals surface area contributed by atoms with Gasteiger partial charge in [-0.1, -0.05) is 43.3 Å². The number of aliphatic hydroxyl groups excluding tert-OH is 1. The van der Waals surface area contributed by atoms with E-state index in [0.29, 0.717) is 35.5 Å². The van der Waals surface area contributed by atoms with Gasteiger partial charge in [0.1, 0.15) is 5.75 Å². The summed E-state index contributed by atoms with van der Waals surface area (Å²) in [4.78, 5) is 16.8. The van der Waals surface area contributed by atoms with Crippen molar-refractivity contribution in [3.63, 3.8) is 0 Å². The van der Waals surface area contributed by atoms with Crippen LogP contribution in [0.2, 0.25) is 0 Å². The van der Waals surface area contributed by atoms with E-state index in [1.807, 2.05) is 37.4 Å². The van der Waals surface area contributed by atoms with E-state index in [1.54, 1.807) is 36.4 Å². The van der Waals surface area contributed by atoms with Crippen LogP contribution in [0.15, 0.2) is 77.8 Å². The van der Waals surface area contributed by atoms with Gasteiger partial charge in [-0.05, 0) is 66.9 Å². The third-order valence-electron chi connectivity index (χ3n) is 6.13. The van der Waals surface area contributed by atoms with Gasteiger partial charge >= 0.3 is 0 Å². The summed E-state index contributed by atoms with van der Waals surface area (Å²) in [6, 6.07) is 19.1. The minimum atomic E-state index is -3.62. The number of carbonyl (C=O) groups excluding carboxylic acids is 1. The summed E-state index contributed by atoms with van der Waals surface area (Å²) in [5.41, 5.74) is 3.61. The van der Waals surface area contributed by atoms with E-state index in [9.17, 15) is 18.3 Å². The number of amides is 1. The molecule has 0 fully saturated rings. The molecule has 4 rings (SSSR count). The first-order chi connectivity index (χ1) is 17.9. The SMILES string of the molecule is CCCOc1ccc(-c2cccc(S(=O)(=O)NC)c2)cc1C(=O)NC(CO)Cc1c[nH]c2ccccc12. The molecule has 4 N–H and O–H groups in total. The largest absolute Gasteiger partial charge is 0.493 e. The van der Waals surface area contributed by atoms with Gasteiger partial charge in [-0.25, -0.2) is 13.1 Å². The van der Waals surface area contributed by atoms with Gasteiger partial charge in [0.15, 0.2) is 0 Å². The average Bonchev–Trinajstić information content (AvgIpc) is 3.34. The van der Waals surface area contributed by atoms with Crippen molar-refractivity contribution in [3.05, 3.63) is 84.1 Å². The molecule has 3 aromatic carbocycles. The third kappa shape index (κ3) is 6.02. The second kappa shape index (κ2) is 11.6. The van der Waals surface area contributed by atoms with Crippen LogP contribution in [0.25, 0.3) is 22.0 Å². The maximum absolute atomic E-state index is 13.4. The summed E-state index contributed by atoms with van der Waals surface area (Å²) in [5, 5.41) is 14.0. The molecule has 0 saturated carbocycles. The third-order valence-corrected chi connectivity index (χ3v) is 7.54. The molecule has 0 bridgehead atoms. The molecule has 37 heavy (non-hydrogen) atoms. The van der Waals surface area contributed by atoms with E-state index in [1.165, 1.54) is 13.1 Å². The topological polar surface area (TPSA) is 121 Å². The number of para-hydroxylation sites is 1. The number of aliphatic hydroxyl groups is 1. The quantitative estimate of drug-likeness (QED) is 0.239. The molecule has 194 valence electrons. The molecule has 0 spiro atoms. The van der Waals surface area contributed by atoms with Crippen molar-refractivity contribution in [2.75, 3.05) is 20.3 Å². The molecule has 4 aromatic rings. The highest BCUT2D eigenvalue weighted by Gasteiger charge is 2.20. The molecule has 0 aliphatic carbocycles. The standard InChI is InChI=1S/C28H31N3O5S/c1-3-13-36-27-12-11-20(19-7-6-8-23(15-19)37(34,35)29-2)16-25(27)28(33)31-22(18-32)14-21-17-30-26-10-5-4-9-24(21)26/h4-12,15-17,22,29-30,32H,3,13-14,18H2,1-2H3,(H,31,33). The fourth-order valence-corrected chi connectivity index (χ4v) is 4.95. The number of hydrogen-bond donors (Lipinski definition) is 4. The van der Waals surface area contributed by atoms with Gasteiger partial charge in [-0.15, -0.1) is 0 Å². The number of benzene rings is 3. The van der Waals surface area contributed by atoms with Crippen LogP contribution >= 0.6 is 0 Å². The molecule has 0 saturated heterocycles. The Morgan fingerprint density at radius 2 is 1.84 bits per heavy atom. The summed E-state index contributed by atoms with van der Waals surface area (Å²) < 4.78 is 32.7. The summed E-state index contributed by atoms with van der Waals surface area (Å²) in [6.45, 7) is 2.18. The smallest absolute Gasteiger partial charge is 0.255 e. The van der Waals surface area contributed by atoms with Gasteiger partial charge in [0.05, 0.1) is 29.7 Å². The fourth-order valence-electron chi connectivity index (χ4n) is 4.18. The second-order valence-corrected chi connectivity index (χ2v) is 10.6. The molecule has 0 radical (unpaired) electrons. The van der Waals surface area contributed by atoms with E-state index in [2.05, 4.69) is 15.0 Å². The Balaban J connectivity index is 1.63. The minimum absolute atomic E-state index is 0.129. The molecular weight excluding hydrogens is 490 g/mol. The monoisotopic (exact) mass is 521 g/mol. The molecule has 1 heterocycles. The minimum Gasteiger partial charge on any atom is -0.493 e. The lowest BCUT2D eigenvalue weighted by atomic mass is 10.0. The zero-order chi connectivity index (χ0) is 26.4. The van der Waals surface area contributed by atoms with Crippen LogP contribution in [0, 0.1) is 0 Å². The van der Waals surface area contributed by atoms with Crippen LogP contribution in [0.5, 0.6) is 5.75 Å². The van der Waals surface area contributed by atoms with Crippen LogP contribution in [-0.2, 0) is 16.4 Å². The maximum Gasteiger partial charge on any atom is 0.255 e. The molecule has 9 heteroatoms. The van der Waals surface area contributed by atoms with Crippen molar-refractivity contribution in [2.24, 2.45) is 0 Å². The summed E-state index contributed by atoms with van der Waals surface area (Å²) in [5.74, 6) is 0.0386. The van der Waals surface area contributed by atoms with Gasteiger partial charge < -0.3 is 20.1 Å². The molecule has 8 nitrogen and oxygen atoms in total. The fraction of sp³-hybridized carbons (Fsp3) is 0.250.